The molecule has 0 spiro atoms. The minimum atomic E-state index is -0.910. The highest BCUT2D eigenvalue weighted by atomic mass is 19.1. The number of nitrogens with one attached hydrogen (secondary N) is 2. The molecule has 0 heterocycles. The summed E-state index contributed by atoms with van der Waals surface area (Å²) in [5.41, 5.74) is 0.759. The van der Waals surface area contributed by atoms with Crippen molar-refractivity contribution < 1.29 is 33.3 Å². The topological polar surface area (TPSA) is 106 Å². The lowest BCUT2D eigenvalue weighted by molar-refractivity contribution is 0.0258. The second kappa shape index (κ2) is 12.4. The van der Waals surface area contributed by atoms with Crippen LogP contribution in [0.1, 0.15) is 17.3 Å². The lowest BCUT2D eigenvalue weighted by Crippen LogP contribution is -2.33. The van der Waals surface area contributed by atoms with Gasteiger partial charge in [-0.05, 0) is 43.3 Å². The van der Waals surface area contributed by atoms with Crippen molar-refractivity contribution in [3.8, 4) is 5.75 Å². The van der Waals surface area contributed by atoms with E-state index in [0.717, 1.165) is 0 Å². The maximum atomic E-state index is 13.4. The number of carbonyl (C=O) groups is 2. The van der Waals surface area contributed by atoms with Crippen molar-refractivity contribution in [3.63, 3.8) is 0 Å². The Hall–Kier alpha value is -3.17. The largest absolute Gasteiger partial charge is 0.489 e. The van der Waals surface area contributed by atoms with Gasteiger partial charge in [-0.25, -0.2) is 14.0 Å². The molecule has 2 aromatic carbocycles. The van der Waals surface area contributed by atoms with Gasteiger partial charge in [-0.2, -0.15) is 0 Å². The highest BCUT2D eigenvalue weighted by molar-refractivity contribution is 5.91. The number of ether oxygens (including phenoxy) is 3. The first kappa shape index (κ1) is 23.1. The molecule has 3 N–H and O–H groups in total. The summed E-state index contributed by atoms with van der Waals surface area (Å²) >= 11 is 0. The Morgan fingerprint density at radius 3 is 2.53 bits per heavy atom. The molecule has 0 bridgehead atoms. The first-order chi connectivity index (χ1) is 14.5. The first-order valence-electron chi connectivity index (χ1n) is 9.46. The molecule has 162 valence electrons. The van der Waals surface area contributed by atoms with Gasteiger partial charge in [0.2, 0.25) is 0 Å². The van der Waals surface area contributed by atoms with Crippen LogP contribution < -0.4 is 15.4 Å². The number of para-hydroxylation sites is 1. The molecule has 30 heavy (non-hydrogen) atoms. The van der Waals surface area contributed by atoms with Crippen LogP contribution in [0.2, 0.25) is 0 Å². The fourth-order valence-corrected chi connectivity index (χ4v) is 2.35. The van der Waals surface area contributed by atoms with Gasteiger partial charge in [0.1, 0.15) is 19.3 Å². The van der Waals surface area contributed by atoms with Crippen LogP contribution in [-0.2, 0) is 9.47 Å². The van der Waals surface area contributed by atoms with Crippen molar-refractivity contribution >= 4 is 17.7 Å². The quantitative estimate of drug-likeness (QED) is 0.379. The van der Waals surface area contributed by atoms with Gasteiger partial charge in [0.15, 0.2) is 11.6 Å². The molecule has 1 amide bonds. The Kier molecular flexibility index (Phi) is 9.56. The second-order valence-corrected chi connectivity index (χ2v) is 6.16. The van der Waals surface area contributed by atoms with Crippen LogP contribution in [0.3, 0.4) is 0 Å². The van der Waals surface area contributed by atoms with E-state index in [1.165, 1.54) is 24.3 Å². The Bertz CT molecular complexity index is 815. The van der Waals surface area contributed by atoms with Crippen LogP contribution in [0, 0.1) is 5.82 Å². The predicted octanol–water partition coefficient (Wildman–Crippen LogP) is 2.58. The standard InChI is InChI=1S/C21H25FN2O6/c1-2-28-21(27)24-16-9-7-15(8-10-16)20(26)30-14-17(25)13-23-11-12-29-19-6-4-3-5-18(19)22/h3-10,17,23,25H,2,11-14H2,1H3,(H,24,27). The average molecular weight is 420 g/mol. The Balaban J connectivity index is 1.63. The van der Waals surface area contributed by atoms with E-state index in [0.29, 0.717) is 12.2 Å². The maximum Gasteiger partial charge on any atom is 0.411 e. The van der Waals surface area contributed by atoms with Crippen LogP contribution in [-0.4, -0.2) is 56.2 Å². The van der Waals surface area contributed by atoms with Gasteiger partial charge in [0, 0.05) is 18.8 Å². The molecule has 2 rings (SSSR count). The number of amides is 1. The molecular formula is C21H25FN2O6. The number of benzene rings is 2. The van der Waals surface area contributed by atoms with E-state index >= 15 is 0 Å². The molecule has 0 saturated heterocycles. The van der Waals surface area contributed by atoms with Gasteiger partial charge in [0.25, 0.3) is 0 Å². The Morgan fingerprint density at radius 2 is 1.83 bits per heavy atom. The van der Waals surface area contributed by atoms with Crippen LogP contribution in [0.15, 0.2) is 48.5 Å². The summed E-state index contributed by atoms with van der Waals surface area (Å²) in [4.78, 5) is 23.4. The molecule has 0 aromatic heterocycles. The summed E-state index contributed by atoms with van der Waals surface area (Å²) in [6.07, 6.45) is -1.49. The van der Waals surface area contributed by atoms with Crippen LogP contribution >= 0.6 is 0 Å². The number of rotatable bonds is 11. The highest BCUT2D eigenvalue weighted by Gasteiger charge is 2.11. The number of aliphatic hydroxyl groups is 1. The zero-order valence-electron chi connectivity index (χ0n) is 16.6. The van der Waals surface area contributed by atoms with Crippen molar-refractivity contribution in [3.05, 3.63) is 59.9 Å². The van der Waals surface area contributed by atoms with Crippen LogP contribution in [0.5, 0.6) is 5.75 Å². The third-order valence-electron chi connectivity index (χ3n) is 3.80. The third kappa shape index (κ3) is 8.06. The van der Waals surface area contributed by atoms with Gasteiger partial charge in [-0.1, -0.05) is 12.1 Å². The number of carbonyl (C=O) groups excluding carboxylic acids is 2. The highest BCUT2D eigenvalue weighted by Crippen LogP contribution is 2.14. The monoisotopic (exact) mass is 420 g/mol. The fraction of sp³-hybridized carbons (Fsp3) is 0.333. The summed E-state index contributed by atoms with van der Waals surface area (Å²) < 4.78 is 28.5. The second-order valence-electron chi connectivity index (χ2n) is 6.16. The summed E-state index contributed by atoms with van der Waals surface area (Å²) in [5.74, 6) is -0.869. The molecule has 0 aliphatic heterocycles. The van der Waals surface area contributed by atoms with Crippen LogP contribution in [0.25, 0.3) is 0 Å². The summed E-state index contributed by atoms with van der Waals surface area (Å²) in [6.45, 7) is 2.54. The molecule has 0 aliphatic carbocycles. The molecule has 1 unspecified atom stereocenters. The fourth-order valence-electron chi connectivity index (χ4n) is 2.35. The molecule has 0 aliphatic rings. The molecule has 9 heteroatoms. The van der Waals surface area contributed by atoms with E-state index in [9.17, 15) is 19.1 Å². The number of aliphatic hydroxyl groups excluding tert-OH is 1. The van der Waals surface area contributed by atoms with E-state index < -0.39 is 24.0 Å². The zero-order chi connectivity index (χ0) is 21.8. The van der Waals surface area contributed by atoms with E-state index in [1.54, 1.807) is 31.2 Å². The zero-order valence-corrected chi connectivity index (χ0v) is 16.6. The van der Waals surface area contributed by atoms with Crippen molar-refractivity contribution in [2.75, 3.05) is 38.2 Å². The summed E-state index contributed by atoms with van der Waals surface area (Å²) in [5, 5.41) is 15.3. The normalized spacial score (nSPS) is 11.4. The van der Waals surface area contributed by atoms with E-state index in [-0.39, 0.29) is 37.7 Å². The number of halogens is 1. The molecule has 2 aromatic rings. The Labute approximate surface area is 173 Å². The number of esters is 1. The van der Waals surface area contributed by atoms with Gasteiger partial charge >= 0.3 is 12.1 Å². The molecule has 8 nitrogen and oxygen atoms in total. The summed E-state index contributed by atoms with van der Waals surface area (Å²) in [7, 11) is 0. The summed E-state index contributed by atoms with van der Waals surface area (Å²) in [6, 6.07) is 12.2. The maximum absolute atomic E-state index is 13.4. The van der Waals surface area contributed by atoms with Gasteiger partial charge in [-0.15, -0.1) is 0 Å². The van der Waals surface area contributed by atoms with Gasteiger partial charge < -0.3 is 24.6 Å². The SMILES string of the molecule is CCOC(=O)Nc1ccc(C(=O)OCC(O)CNCCOc2ccccc2F)cc1. The molecule has 1 atom stereocenters. The predicted molar refractivity (Wildman–Crippen MR) is 108 cm³/mol. The van der Waals surface area contributed by atoms with Gasteiger partial charge in [0.05, 0.1) is 12.2 Å². The van der Waals surface area contributed by atoms with Gasteiger partial charge in [-0.3, -0.25) is 5.32 Å². The number of hydrogen-bond acceptors (Lipinski definition) is 7. The molecule has 0 radical (unpaired) electrons. The third-order valence-corrected chi connectivity index (χ3v) is 3.80. The van der Waals surface area contributed by atoms with Crippen molar-refractivity contribution in [1.29, 1.82) is 0 Å². The molecule has 0 saturated carbocycles. The average Bonchev–Trinajstić information content (AvgIpc) is 2.73. The lowest BCUT2D eigenvalue weighted by atomic mass is 10.2. The molecule has 0 fully saturated rings. The minimum Gasteiger partial charge on any atom is -0.489 e. The van der Waals surface area contributed by atoms with E-state index in [2.05, 4.69) is 10.6 Å². The van der Waals surface area contributed by atoms with Crippen molar-refractivity contribution in [2.45, 2.75) is 13.0 Å². The minimum absolute atomic E-state index is 0.164. The first-order valence-corrected chi connectivity index (χ1v) is 9.46. The number of anilines is 1. The van der Waals surface area contributed by atoms with Crippen LogP contribution in [0.4, 0.5) is 14.9 Å². The van der Waals surface area contributed by atoms with Crippen molar-refractivity contribution in [1.82, 2.24) is 5.32 Å². The number of hydrogen-bond donors (Lipinski definition) is 3. The molecular weight excluding hydrogens is 395 g/mol. The van der Waals surface area contributed by atoms with E-state index in [1.807, 2.05) is 0 Å². The lowest BCUT2D eigenvalue weighted by Gasteiger charge is -2.13. The smallest absolute Gasteiger partial charge is 0.411 e. The Morgan fingerprint density at radius 1 is 1.10 bits per heavy atom. The van der Waals surface area contributed by atoms with E-state index in [4.69, 9.17) is 14.2 Å². The van der Waals surface area contributed by atoms with Crippen molar-refractivity contribution in [2.24, 2.45) is 0 Å².